The number of rotatable bonds is 8. The van der Waals surface area contributed by atoms with Gasteiger partial charge in [0.2, 0.25) is 5.91 Å². The van der Waals surface area contributed by atoms with Crippen LogP contribution in [0.5, 0.6) is 0 Å². The van der Waals surface area contributed by atoms with Gasteiger partial charge in [-0.1, -0.05) is 42.4 Å². The molecule has 0 aromatic carbocycles. The number of carbonyl (C=O) groups excluding carboxylic acids is 1. The molecule has 0 aliphatic heterocycles. The van der Waals surface area contributed by atoms with Gasteiger partial charge in [0.1, 0.15) is 0 Å². The van der Waals surface area contributed by atoms with Gasteiger partial charge in [-0.2, -0.15) is 0 Å². The van der Waals surface area contributed by atoms with Crippen LogP contribution in [-0.4, -0.2) is 16.9 Å². The molecule has 0 radical (unpaired) electrons. The summed E-state index contributed by atoms with van der Waals surface area (Å²) in [5.41, 5.74) is 0. The van der Waals surface area contributed by atoms with Crippen molar-refractivity contribution in [1.82, 2.24) is 5.32 Å². The van der Waals surface area contributed by atoms with Crippen LogP contribution < -0.4 is 5.32 Å². The molecule has 1 saturated carbocycles. The Hall–Kier alpha value is 0.200. The molecule has 0 spiro atoms. The van der Waals surface area contributed by atoms with Crippen molar-refractivity contribution in [2.45, 2.75) is 45.4 Å². The molecule has 1 amide bonds. The molecule has 15 heavy (non-hydrogen) atoms. The Morgan fingerprint density at radius 3 is 2.60 bits per heavy atom. The second-order valence-corrected chi connectivity index (χ2v) is 5.60. The van der Waals surface area contributed by atoms with Crippen LogP contribution in [0.2, 0.25) is 0 Å². The second kappa shape index (κ2) is 7.47. The quantitative estimate of drug-likeness (QED) is 0.415. The SMILES string of the molecule is CC(C(=O)NCCCCCCI)C1CC1. The van der Waals surface area contributed by atoms with Gasteiger partial charge in [0.05, 0.1) is 0 Å². The first kappa shape index (κ1) is 13.3. The molecule has 2 nitrogen and oxygen atoms in total. The fraction of sp³-hybridized carbons (Fsp3) is 0.917. The first-order valence-corrected chi connectivity index (χ1v) is 7.62. The molecule has 3 heteroatoms. The van der Waals surface area contributed by atoms with Gasteiger partial charge in [-0.25, -0.2) is 0 Å². The highest BCUT2D eigenvalue weighted by Gasteiger charge is 2.32. The van der Waals surface area contributed by atoms with Crippen LogP contribution >= 0.6 is 22.6 Å². The Kier molecular flexibility index (Phi) is 6.61. The number of hydrogen-bond acceptors (Lipinski definition) is 1. The van der Waals surface area contributed by atoms with Crippen LogP contribution in [0, 0.1) is 11.8 Å². The first-order valence-electron chi connectivity index (χ1n) is 6.09. The minimum Gasteiger partial charge on any atom is -0.356 e. The van der Waals surface area contributed by atoms with Gasteiger partial charge in [-0.05, 0) is 36.0 Å². The Morgan fingerprint density at radius 2 is 2.00 bits per heavy atom. The predicted molar refractivity (Wildman–Crippen MR) is 72.3 cm³/mol. The van der Waals surface area contributed by atoms with Gasteiger partial charge in [0.25, 0.3) is 0 Å². The van der Waals surface area contributed by atoms with Gasteiger partial charge in [0, 0.05) is 12.5 Å². The lowest BCUT2D eigenvalue weighted by atomic mass is 10.1. The van der Waals surface area contributed by atoms with E-state index >= 15 is 0 Å². The second-order valence-electron chi connectivity index (χ2n) is 4.52. The van der Waals surface area contributed by atoms with Crippen LogP contribution in [0.1, 0.15) is 45.4 Å². The largest absolute Gasteiger partial charge is 0.356 e. The highest BCUT2D eigenvalue weighted by Crippen LogP contribution is 2.36. The third-order valence-corrected chi connectivity index (χ3v) is 3.87. The smallest absolute Gasteiger partial charge is 0.223 e. The number of hydrogen-bond donors (Lipinski definition) is 1. The molecule has 1 aliphatic rings. The molecule has 1 unspecified atom stereocenters. The monoisotopic (exact) mass is 323 g/mol. The summed E-state index contributed by atoms with van der Waals surface area (Å²) in [6.45, 7) is 2.93. The van der Waals surface area contributed by atoms with Gasteiger partial charge in [-0.3, -0.25) is 4.79 Å². The number of unbranched alkanes of at least 4 members (excludes halogenated alkanes) is 3. The molecule has 0 bridgehead atoms. The molecule has 1 N–H and O–H groups in total. The first-order chi connectivity index (χ1) is 7.25. The molecule has 0 saturated heterocycles. The van der Waals surface area contributed by atoms with Crippen molar-refractivity contribution in [3.8, 4) is 0 Å². The minimum absolute atomic E-state index is 0.249. The zero-order valence-corrected chi connectivity index (χ0v) is 11.8. The molecule has 1 rings (SSSR count). The summed E-state index contributed by atoms with van der Waals surface area (Å²) < 4.78 is 1.25. The maximum Gasteiger partial charge on any atom is 0.223 e. The molecule has 0 aromatic heterocycles. The highest BCUT2D eigenvalue weighted by atomic mass is 127. The van der Waals surface area contributed by atoms with Gasteiger partial charge >= 0.3 is 0 Å². The molecular formula is C12H22INO. The lowest BCUT2D eigenvalue weighted by Crippen LogP contribution is -2.30. The number of amides is 1. The summed E-state index contributed by atoms with van der Waals surface area (Å²) in [5.74, 6) is 1.20. The molecule has 0 aromatic rings. The minimum atomic E-state index is 0.249. The topological polar surface area (TPSA) is 29.1 Å². The fourth-order valence-corrected chi connectivity index (χ4v) is 2.30. The molecule has 1 fully saturated rings. The Labute approximate surface area is 107 Å². The molecular weight excluding hydrogens is 301 g/mol. The average Bonchev–Trinajstić information content (AvgIpc) is 3.05. The summed E-state index contributed by atoms with van der Waals surface area (Å²) in [7, 11) is 0. The fourth-order valence-electron chi connectivity index (χ4n) is 1.76. The summed E-state index contributed by atoms with van der Waals surface area (Å²) in [5, 5.41) is 3.04. The zero-order chi connectivity index (χ0) is 11.1. The van der Waals surface area contributed by atoms with E-state index in [2.05, 4.69) is 34.8 Å². The van der Waals surface area contributed by atoms with E-state index in [1.165, 1.54) is 36.5 Å². The van der Waals surface area contributed by atoms with E-state index in [-0.39, 0.29) is 11.8 Å². The predicted octanol–water partition coefficient (Wildman–Crippen LogP) is 3.14. The van der Waals surface area contributed by atoms with Crippen molar-refractivity contribution < 1.29 is 4.79 Å². The van der Waals surface area contributed by atoms with E-state index < -0.39 is 0 Å². The van der Waals surface area contributed by atoms with Crippen molar-refractivity contribution in [2.24, 2.45) is 11.8 Å². The van der Waals surface area contributed by atoms with Crippen molar-refractivity contribution in [3.05, 3.63) is 0 Å². The van der Waals surface area contributed by atoms with Gasteiger partial charge in [0.15, 0.2) is 0 Å². The van der Waals surface area contributed by atoms with Crippen molar-refractivity contribution in [3.63, 3.8) is 0 Å². The number of alkyl halides is 1. The van der Waals surface area contributed by atoms with E-state index in [1.54, 1.807) is 0 Å². The van der Waals surface area contributed by atoms with Crippen LogP contribution in [0.15, 0.2) is 0 Å². The van der Waals surface area contributed by atoms with Crippen molar-refractivity contribution >= 4 is 28.5 Å². The van der Waals surface area contributed by atoms with Crippen molar-refractivity contribution in [1.29, 1.82) is 0 Å². The number of halogens is 1. The molecule has 1 atom stereocenters. The van der Waals surface area contributed by atoms with Gasteiger partial charge < -0.3 is 5.32 Å². The van der Waals surface area contributed by atoms with Crippen molar-refractivity contribution in [2.75, 3.05) is 11.0 Å². The maximum absolute atomic E-state index is 11.6. The standard InChI is InChI=1S/C12H22INO/c1-10(11-6-7-11)12(15)14-9-5-3-2-4-8-13/h10-11H,2-9H2,1H3,(H,14,15). The molecule has 1 aliphatic carbocycles. The third kappa shape index (κ3) is 5.73. The average molecular weight is 323 g/mol. The Balaban J connectivity index is 1.92. The van der Waals surface area contributed by atoms with E-state index in [0.29, 0.717) is 5.92 Å². The lowest BCUT2D eigenvalue weighted by Gasteiger charge is -2.10. The molecule has 88 valence electrons. The maximum atomic E-state index is 11.6. The normalized spacial score (nSPS) is 17.5. The van der Waals surface area contributed by atoms with E-state index in [1.807, 2.05) is 0 Å². The van der Waals surface area contributed by atoms with Crippen LogP contribution in [0.25, 0.3) is 0 Å². The van der Waals surface area contributed by atoms with E-state index in [4.69, 9.17) is 0 Å². The summed E-state index contributed by atoms with van der Waals surface area (Å²) in [6.07, 6.45) is 7.51. The lowest BCUT2D eigenvalue weighted by molar-refractivity contribution is -0.125. The summed E-state index contributed by atoms with van der Waals surface area (Å²) in [4.78, 5) is 11.6. The highest BCUT2D eigenvalue weighted by molar-refractivity contribution is 14.1. The number of nitrogens with one attached hydrogen (secondary N) is 1. The van der Waals surface area contributed by atoms with E-state index in [0.717, 1.165) is 13.0 Å². The Bertz CT molecular complexity index is 192. The van der Waals surface area contributed by atoms with Crippen LogP contribution in [-0.2, 0) is 4.79 Å². The zero-order valence-electron chi connectivity index (χ0n) is 9.60. The Morgan fingerprint density at radius 1 is 1.33 bits per heavy atom. The molecule has 0 heterocycles. The summed E-state index contributed by atoms with van der Waals surface area (Å²) in [6, 6.07) is 0. The van der Waals surface area contributed by atoms with Gasteiger partial charge in [-0.15, -0.1) is 0 Å². The summed E-state index contributed by atoms with van der Waals surface area (Å²) >= 11 is 2.41. The van der Waals surface area contributed by atoms with E-state index in [9.17, 15) is 4.79 Å². The van der Waals surface area contributed by atoms with Crippen LogP contribution in [0.3, 0.4) is 0 Å². The number of carbonyl (C=O) groups is 1. The van der Waals surface area contributed by atoms with Crippen LogP contribution in [0.4, 0.5) is 0 Å². The third-order valence-electron chi connectivity index (χ3n) is 3.10.